The number of amides is 1. The number of hydrogen-bond donors (Lipinski definition) is 2. The molecular weight excluding hydrogens is 358 g/mol. The minimum absolute atomic E-state index is 0.0284. The normalized spacial score (nSPS) is 15.0. The number of aliphatic imine (C=N–C) groups is 1. The van der Waals surface area contributed by atoms with Gasteiger partial charge in [0, 0.05) is 32.9 Å². The van der Waals surface area contributed by atoms with Gasteiger partial charge in [-0.15, -0.1) is 0 Å². The Morgan fingerprint density at radius 2 is 1.81 bits per heavy atom. The summed E-state index contributed by atoms with van der Waals surface area (Å²) in [6, 6.07) is 8.71. The number of nitrogens with zero attached hydrogens (tertiary/aromatic N) is 3. The molecule has 0 saturated carbocycles. The van der Waals surface area contributed by atoms with Crippen LogP contribution in [-0.2, 0) is 17.9 Å². The first kappa shape index (κ1) is 21.6. The molecule has 1 aromatic rings. The van der Waals surface area contributed by atoms with Crippen molar-refractivity contribution in [1.82, 2.24) is 20.4 Å². The summed E-state index contributed by atoms with van der Waals surface area (Å²) in [4.78, 5) is 20.5. The quantitative estimate of drug-likeness (QED) is 0.382. The molecular formula is C20H33N5OS. The van der Waals surface area contributed by atoms with Crippen LogP contribution < -0.4 is 10.6 Å². The molecule has 0 radical (unpaired) electrons. The second-order valence-corrected chi connectivity index (χ2v) is 8.01. The first-order chi connectivity index (χ1) is 13.1. The second kappa shape index (κ2) is 11.9. The van der Waals surface area contributed by atoms with Crippen molar-refractivity contribution in [3.05, 3.63) is 35.4 Å². The Hall–Kier alpha value is -1.73. The van der Waals surface area contributed by atoms with Gasteiger partial charge in [-0.1, -0.05) is 24.3 Å². The third-order valence-electron chi connectivity index (χ3n) is 4.55. The fraction of sp³-hybridized carbons (Fsp3) is 0.600. The monoisotopic (exact) mass is 391 g/mol. The molecule has 1 aliphatic rings. The van der Waals surface area contributed by atoms with Gasteiger partial charge in [-0.3, -0.25) is 9.69 Å². The molecule has 1 amide bonds. The highest BCUT2D eigenvalue weighted by molar-refractivity contribution is 7.98. The highest BCUT2D eigenvalue weighted by Crippen LogP contribution is 2.13. The maximum absolute atomic E-state index is 11.8. The van der Waals surface area contributed by atoms with Gasteiger partial charge >= 0.3 is 0 Å². The number of carbonyl (C=O) groups is 1. The number of likely N-dealkylation sites (tertiary alicyclic amines) is 1. The smallest absolute Gasteiger partial charge is 0.241 e. The molecule has 7 heteroatoms. The molecule has 2 rings (SSSR count). The molecule has 0 atom stereocenters. The summed E-state index contributed by atoms with van der Waals surface area (Å²) < 4.78 is 0. The van der Waals surface area contributed by atoms with Gasteiger partial charge in [0.2, 0.25) is 5.91 Å². The molecule has 1 saturated heterocycles. The van der Waals surface area contributed by atoms with E-state index in [1.165, 1.54) is 37.1 Å². The first-order valence-corrected chi connectivity index (χ1v) is 11.0. The molecule has 27 heavy (non-hydrogen) atoms. The topological polar surface area (TPSA) is 60.0 Å². The van der Waals surface area contributed by atoms with Crippen molar-refractivity contribution in [2.45, 2.75) is 25.9 Å². The zero-order valence-electron chi connectivity index (χ0n) is 16.8. The number of guanidine groups is 1. The lowest BCUT2D eigenvalue weighted by Crippen LogP contribution is -2.43. The highest BCUT2D eigenvalue weighted by Gasteiger charge is 2.11. The van der Waals surface area contributed by atoms with Gasteiger partial charge in [0.25, 0.3) is 0 Å². The molecule has 0 aromatic heterocycles. The van der Waals surface area contributed by atoms with E-state index < -0.39 is 0 Å². The lowest BCUT2D eigenvalue weighted by Gasteiger charge is -2.15. The van der Waals surface area contributed by atoms with Crippen LogP contribution in [0.1, 0.15) is 24.0 Å². The molecule has 0 unspecified atom stereocenters. The Bertz CT molecular complexity index is 597. The Morgan fingerprint density at radius 1 is 1.15 bits per heavy atom. The largest absolute Gasteiger partial charge is 0.356 e. The highest BCUT2D eigenvalue weighted by atomic mass is 32.2. The maximum atomic E-state index is 11.8. The zero-order chi connectivity index (χ0) is 19.5. The maximum Gasteiger partial charge on any atom is 0.241 e. The molecule has 1 aliphatic heterocycles. The van der Waals surface area contributed by atoms with Gasteiger partial charge in [-0.05, 0) is 43.3 Å². The number of carbonyl (C=O) groups excluding carboxylic acids is 1. The van der Waals surface area contributed by atoms with E-state index in [1.807, 2.05) is 0 Å². The summed E-state index contributed by atoms with van der Waals surface area (Å²) in [5.74, 6) is 1.70. The predicted octanol–water partition coefficient (Wildman–Crippen LogP) is 1.77. The Morgan fingerprint density at radius 3 is 2.44 bits per heavy atom. The SMILES string of the molecule is CSCCNC(=NCc1ccc(CN2CCCC2)cc1)NCC(=O)N(C)C. The second-order valence-electron chi connectivity index (χ2n) is 7.03. The summed E-state index contributed by atoms with van der Waals surface area (Å²) in [7, 11) is 3.51. The van der Waals surface area contributed by atoms with Crippen molar-refractivity contribution in [1.29, 1.82) is 0 Å². The van der Waals surface area contributed by atoms with Crippen molar-refractivity contribution >= 4 is 23.6 Å². The number of rotatable bonds is 9. The van der Waals surface area contributed by atoms with Crippen LogP contribution in [0.4, 0.5) is 0 Å². The fourth-order valence-electron chi connectivity index (χ4n) is 2.88. The van der Waals surface area contributed by atoms with Crippen LogP contribution >= 0.6 is 11.8 Å². The minimum atomic E-state index is 0.0284. The summed E-state index contributed by atoms with van der Waals surface area (Å²) >= 11 is 1.78. The van der Waals surface area contributed by atoms with E-state index in [1.54, 1.807) is 30.8 Å². The Balaban J connectivity index is 1.88. The van der Waals surface area contributed by atoms with E-state index in [9.17, 15) is 4.79 Å². The number of hydrogen-bond acceptors (Lipinski definition) is 4. The molecule has 1 heterocycles. The van der Waals surface area contributed by atoms with E-state index in [2.05, 4.69) is 51.0 Å². The van der Waals surface area contributed by atoms with E-state index in [-0.39, 0.29) is 12.5 Å². The van der Waals surface area contributed by atoms with E-state index in [0.29, 0.717) is 12.5 Å². The summed E-state index contributed by atoms with van der Waals surface area (Å²) in [6.45, 7) is 5.13. The number of likely N-dealkylation sites (N-methyl/N-ethyl adjacent to an activating group) is 1. The van der Waals surface area contributed by atoms with E-state index in [0.717, 1.165) is 18.8 Å². The van der Waals surface area contributed by atoms with Crippen LogP contribution in [0.5, 0.6) is 0 Å². The van der Waals surface area contributed by atoms with Crippen LogP contribution in [0.15, 0.2) is 29.3 Å². The van der Waals surface area contributed by atoms with Crippen LogP contribution in [0.25, 0.3) is 0 Å². The van der Waals surface area contributed by atoms with Gasteiger partial charge in [0.05, 0.1) is 13.1 Å². The summed E-state index contributed by atoms with van der Waals surface area (Å²) in [6.07, 6.45) is 4.72. The molecule has 0 bridgehead atoms. The van der Waals surface area contributed by atoms with Crippen LogP contribution in [0.3, 0.4) is 0 Å². The third-order valence-corrected chi connectivity index (χ3v) is 5.16. The van der Waals surface area contributed by atoms with Gasteiger partial charge < -0.3 is 15.5 Å². The standard InChI is InChI=1S/C20H33N5OS/c1-24(2)19(26)15-23-20(21-10-13-27-3)22-14-17-6-8-18(9-7-17)16-25-11-4-5-12-25/h6-9H,4-5,10-16H2,1-3H3,(H2,21,22,23). The van der Waals surface area contributed by atoms with Crippen molar-refractivity contribution < 1.29 is 4.79 Å². The average Bonchev–Trinajstić information content (AvgIpc) is 3.17. The van der Waals surface area contributed by atoms with Crippen molar-refractivity contribution in [2.24, 2.45) is 4.99 Å². The Labute approximate surface area is 167 Å². The number of benzene rings is 1. The molecule has 1 fully saturated rings. The van der Waals surface area contributed by atoms with Crippen LogP contribution in [0, 0.1) is 0 Å². The van der Waals surface area contributed by atoms with E-state index in [4.69, 9.17) is 0 Å². The predicted molar refractivity (Wildman–Crippen MR) is 115 cm³/mol. The number of nitrogens with one attached hydrogen (secondary N) is 2. The third kappa shape index (κ3) is 8.22. The minimum Gasteiger partial charge on any atom is -0.356 e. The van der Waals surface area contributed by atoms with E-state index >= 15 is 0 Å². The molecule has 0 aliphatic carbocycles. The molecule has 6 nitrogen and oxygen atoms in total. The molecule has 150 valence electrons. The van der Waals surface area contributed by atoms with Gasteiger partial charge in [0.1, 0.15) is 0 Å². The first-order valence-electron chi connectivity index (χ1n) is 9.60. The van der Waals surface area contributed by atoms with Crippen molar-refractivity contribution in [3.8, 4) is 0 Å². The van der Waals surface area contributed by atoms with Gasteiger partial charge in [-0.2, -0.15) is 11.8 Å². The van der Waals surface area contributed by atoms with Crippen molar-refractivity contribution in [3.63, 3.8) is 0 Å². The summed E-state index contributed by atoms with van der Waals surface area (Å²) in [5, 5.41) is 6.41. The summed E-state index contributed by atoms with van der Waals surface area (Å²) in [5.41, 5.74) is 2.53. The van der Waals surface area contributed by atoms with Crippen LogP contribution in [0.2, 0.25) is 0 Å². The van der Waals surface area contributed by atoms with Crippen LogP contribution in [-0.4, -0.2) is 73.9 Å². The van der Waals surface area contributed by atoms with Gasteiger partial charge in [-0.25, -0.2) is 4.99 Å². The molecule has 0 spiro atoms. The number of thioether (sulfide) groups is 1. The zero-order valence-corrected chi connectivity index (χ0v) is 17.6. The lowest BCUT2D eigenvalue weighted by molar-refractivity contribution is -0.127. The Kier molecular flexibility index (Phi) is 9.48. The van der Waals surface area contributed by atoms with Gasteiger partial charge in [0.15, 0.2) is 5.96 Å². The molecule has 1 aromatic carbocycles. The lowest BCUT2D eigenvalue weighted by atomic mass is 10.1. The fourth-order valence-corrected chi connectivity index (χ4v) is 3.19. The van der Waals surface area contributed by atoms with Crippen molar-refractivity contribution in [2.75, 3.05) is 52.3 Å². The molecule has 2 N–H and O–H groups in total. The average molecular weight is 392 g/mol.